The summed E-state index contributed by atoms with van der Waals surface area (Å²) in [5.41, 5.74) is 1.11. The number of anilines is 1. The van der Waals surface area contributed by atoms with Crippen molar-refractivity contribution in [3.05, 3.63) is 62.9 Å². The van der Waals surface area contributed by atoms with Crippen molar-refractivity contribution in [3.63, 3.8) is 0 Å². The molecule has 0 unspecified atom stereocenters. The van der Waals surface area contributed by atoms with E-state index < -0.39 is 4.92 Å². The Morgan fingerprint density at radius 2 is 2.15 bits per heavy atom. The van der Waals surface area contributed by atoms with Gasteiger partial charge in [-0.3, -0.25) is 14.9 Å². The monoisotopic (exact) mass is 335 g/mol. The molecule has 0 saturated heterocycles. The number of aromatic nitrogens is 1. The van der Waals surface area contributed by atoms with Crippen LogP contribution in [0.4, 0.5) is 11.4 Å². The number of hydrogen-bond donors (Lipinski definition) is 1. The standard InChI is InChI=1S/C13H10BrN3O3/c14-13-11(5-2-6-15-13)16-12(18)8-9-3-1-4-10(7-9)17(19)20/h1-7H,8H2,(H,16,18). The van der Waals surface area contributed by atoms with Gasteiger partial charge in [-0.2, -0.15) is 0 Å². The number of nitro benzene ring substituents is 1. The molecule has 0 aliphatic rings. The van der Waals surface area contributed by atoms with Crippen molar-refractivity contribution in [1.82, 2.24) is 4.98 Å². The van der Waals surface area contributed by atoms with Crippen molar-refractivity contribution < 1.29 is 9.72 Å². The molecule has 6 nitrogen and oxygen atoms in total. The molecule has 0 atom stereocenters. The molecule has 0 saturated carbocycles. The normalized spacial score (nSPS) is 10.1. The summed E-state index contributed by atoms with van der Waals surface area (Å²) in [5.74, 6) is -0.265. The number of hydrogen-bond acceptors (Lipinski definition) is 4. The van der Waals surface area contributed by atoms with Crippen molar-refractivity contribution in [1.29, 1.82) is 0 Å². The van der Waals surface area contributed by atoms with Gasteiger partial charge in [0.05, 0.1) is 17.0 Å². The number of amides is 1. The first-order valence-corrected chi connectivity index (χ1v) is 6.49. The lowest BCUT2D eigenvalue weighted by molar-refractivity contribution is -0.384. The van der Waals surface area contributed by atoms with E-state index in [1.54, 1.807) is 30.5 Å². The molecule has 20 heavy (non-hydrogen) atoms. The molecule has 1 aromatic carbocycles. The van der Waals surface area contributed by atoms with Crippen molar-refractivity contribution >= 4 is 33.2 Å². The first-order chi connectivity index (χ1) is 9.56. The average molecular weight is 336 g/mol. The quantitative estimate of drug-likeness (QED) is 0.528. The van der Waals surface area contributed by atoms with Crippen LogP contribution >= 0.6 is 15.9 Å². The highest BCUT2D eigenvalue weighted by Gasteiger charge is 2.10. The smallest absolute Gasteiger partial charge is 0.269 e. The van der Waals surface area contributed by atoms with E-state index in [1.807, 2.05) is 0 Å². The molecule has 0 bridgehead atoms. The maximum atomic E-state index is 11.9. The fraction of sp³-hybridized carbons (Fsp3) is 0.0769. The number of halogens is 1. The van der Waals surface area contributed by atoms with E-state index >= 15 is 0 Å². The maximum Gasteiger partial charge on any atom is 0.269 e. The van der Waals surface area contributed by atoms with Crippen LogP contribution in [0.1, 0.15) is 5.56 Å². The Morgan fingerprint density at radius 3 is 2.85 bits per heavy atom. The number of carbonyl (C=O) groups excluding carboxylic acids is 1. The predicted octanol–water partition coefficient (Wildman–Crippen LogP) is 2.93. The van der Waals surface area contributed by atoms with Gasteiger partial charge in [0.25, 0.3) is 5.69 Å². The number of carbonyl (C=O) groups is 1. The summed E-state index contributed by atoms with van der Waals surface area (Å²) in [6.45, 7) is 0. The van der Waals surface area contributed by atoms with E-state index in [4.69, 9.17) is 0 Å². The van der Waals surface area contributed by atoms with E-state index in [2.05, 4.69) is 26.2 Å². The van der Waals surface area contributed by atoms with E-state index in [0.29, 0.717) is 15.9 Å². The van der Waals surface area contributed by atoms with E-state index in [-0.39, 0.29) is 18.0 Å². The van der Waals surface area contributed by atoms with Gasteiger partial charge in [-0.15, -0.1) is 0 Å². The fourth-order valence-electron chi connectivity index (χ4n) is 1.64. The van der Waals surface area contributed by atoms with Crippen molar-refractivity contribution in [3.8, 4) is 0 Å². The number of rotatable bonds is 4. The maximum absolute atomic E-state index is 11.9. The highest BCUT2D eigenvalue weighted by atomic mass is 79.9. The summed E-state index contributed by atoms with van der Waals surface area (Å²) in [5, 5.41) is 13.4. The number of pyridine rings is 1. The SMILES string of the molecule is O=C(Cc1cccc([N+](=O)[O-])c1)Nc1cccnc1Br. The molecular formula is C13H10BrN3O3. The molecule has 7 heteroatoms. The van der Waals surface area contributed by atoms with Gasteiger partial charge in [-0.05, 0) is 33.6 Å². The van der Waals surface area contributed by atoms with Crippen LogP contribution in [0.3, 0.4) is 0 Å². The largest absolute Gasteiger partial charge is 0.323 e. The molecule has 1 N–H and O–H groups in total. The second-order valence-electron chi connectivity index (χ2n) is 3.99. The lowest BCUT2D eigenvalue weighted by atomic mass is 10.1. The van der Waals surface area contributed by atoms with E-state index in [9.17, 15) is 14.9 Å². The molecule has 0 radical (unpaired) electrons. The molecule has 2 rings (SSSR count). The number of nitro groups is 1. The average Bonchev–Trinajstić information content (AvgIpc) is 2.41. The zero-order valence-electron chi connectivity index (χ0n) is 10.2. The van der Waals surface area contributed by atoms with Crippen LogP contribution in [0.2, 0.25) is 0 Å². The lowest BCUT2D eigenvalue weighted by Gasteiger charge is -2.06. The highest BCUT2D eigenvalue weighted by molar-refractivity contribution is 9.10. The highest BCUT2D eigenvalue weighted by Crippen LogP contribution is 2.19. The van der Waals surface area contributed by atoms with Crippen LogP contribution in [0.15, 0.2) is 47.2 Å². The van der Waals surface area contributed by atoms with Gasteiger partial charge in [-0.25, -0.2) is 4.98 Å². The Morgan fingerprint density at radius 1 is 1.35 bits per heavy atom. The van der Waals surface area contributed by atoms with Crippen LogP contribution < -0.4 is 5.32 Å². The molecule has 2 aromatic rings. The minimum atomic E-state index is -0.487. The molecule has 1 heterocycles. The second kappa shape index (κ2) is 6.25. The number of nitrogens with zero attached hydrogens (tertiary/aromatic N) is 2. The Labute approximate surface area is 123 Å². The van der Waals surface area contributed by atoms with Crippen LogP contribution in [0.25, 0.3) is 0 Å². The molecule has 1 amide bonds. The lowest BCUT2D eigenvalue weighted by Crippen LogP contribution is -2.15. The van der Waals surface area contributed by atoms with Gasteiger partial charge in [0, 0.05) is 18.3 Å². The van der Waals surface area contributed by atoms with Gasteiger partial charge >= 0.3 is 0 Å². The van der Waals surface area contributed by atoms with Crippen LogP contribution in [-0.2, 0) is 11.2 Å². The van der Waals surface area contributed by atoms with Gasteiger partial charge in [0.2, 0.25) is 5.91 Å². The summed E-state index contributed by atoms with van der Waals surface area (Å²) in [7, 11) is 0. The number of non-ortho nitro benzene ring substituents is 1. The summed E-state index contributed by atoms with van der Waals surface area (Å²) in [4.78, 5) is 26.1. The van der Waals surface area contributed by atoms with E-state index in [0.717, 1.165) is 0 Å². The van der Waals surface area contributed by atoms with Crippen LogP contribution in [0, 0.1) is 10.1 Å². The minimum absolute atomic E-state index is 0.0298. The fourth-order valence-corrected chi connectivity index (χ4v) is 1.99. The summed E-state index contributed by atoms with van der Waals surface area (Å²) >= 11 is 3.23. The Hall–Kier alpha value is -2.28. The van der Waals surface area contributed by atoms with Crippen molar-refractivity contribution in [2.75, 3.05) is 5.32 Å². The third kappa shape index (κ3) is 3.61. The minimum Gasteiger partial charge on any atom is -0.323 e. The topological polar surface area (TPSA) is 85.1 Å². The van der Waals surface area contributed by atoms with Crippen LogP contribution in [-0.4, -0.2) is 15.8 Å². The molecule has 0 spiro atoms. The molecule has 102 valence electrons. The van der Waals surface area contributed by atoms with Crippen molar-refractivity contribution in [2.45, 2.75) is 6.42 Å². The molecule has 0 aliphatic carbocycles. The Balaban J connectivity index is 2.07. The zero-order valence-corrected chi connectivity index (χ0v) is 11.8. The van der Waals surface area contributed by atoms with Gasteiger partial charge in [0.15, 0.2) is 0 Å². The van der Waals surface area contributed by atoms with E-state index in [1.165, 1.54) is 12.1 Å². The predicted molar refractivity (Wildman–Crippen MR) is 77.4 cm³/mol. The Kier molecular flexibility index (Phi) is 4.41. The zero-order chi connectivity index (χ0) is 14.5. The second-order valence-corrected chi connectivity index (χ2v) is 4.74. The molecule has 0 fully saturated rings. The van der Waals surface area contributed by atoms with Crippen LogP contribution in [0.5, 0.6) is 0 Å². The third-order valence-electron chi connectivity index (χ3n) is 2.52. The molecule has 1 aromatic heterocycles. The first-order valence-electron chi connectivity index (χ1n) is 5.70. The summed E-state index contributed by atoms with van der Waals surface area (Å²) in [6.07, 6.45) is 1.66. The third-order valence-corrected chi connectivity index (χ3v) is 3.15. The summed E-state index contributed by atoms with van der Waals surface area (Å²) < 4.78 is 0.535. The van der Waals surface area contributed by atoms with Gasteiger partial charge < -0.3 is 5.32 Å². The van der Waals surface area contributed by atoms with Crippen molar-refractivity contribution in [2.24, 2.45) is 0 Å². The van der Waals surface area contributed by atoms with Gasteiger partial charge in [0.1, 0.15) is 4.60 Å². The molecular weight excluding hydrogens is 326 g/mol. The molecule has 0 aliphatic heterocycles. The van der Waals surface area contributed by atoms with Gasteiger partial charge in [-0.1, -0.05) is 12.1 Å². The summed E-state index contributed by atoms with van der Waals surface area (Å²) in [6, 6.07) is 9.42. The number of nitrogens with one attached hydrogen (secondary N) is 1. The number of benzene rings is 1. The Bertz CT molecular complexity index is 661. The first kappa shape index (κ1) is 14.1.